The van der Waals surface area contributed by atoms with Gasteiger partial charge in [0.15, 0.2) is 0 Å². The van der Waals surface area contributed by atoms with Crippen LogP contribution in [0.25, 0.3) is 0 Å². The van der Waals surface area contributed by atoms with Crippen LogP contribution in [0.15, 0.2) is 48.5 Å². The zero-order valence-electron chi connectivity index (χ0n) is 10.7. The Bertz CT molecular complexity index is 589. The molecule has 1 aliphatic rings. The Morgan fingerprint density at radius 3 is 2.26 bits per heavy atom. The summed E-state index contributed by atoms with van der Waals surface area (Å²) in [6, 6.07) is 18.0. The van der Waals surface area contributed by atoms with Gasteiger partial charge >= 0.3 is 0 Å². The van der Waals surface area contributed by atoms with Gasteiger partial charge in [0.05, 0.1) is 11.6 Å². The Kier molecular flexibility index (Phi) is 3.20. The largest absolute Gasteiger partial charge is 0.489 e. The average Bonchev–Trinajstić information content (AvgIpc) is 3.31. The minimum absolute atomic E-state index is 0.536. The fourth-order valence-electron chi connectivity index (χ4n) is 2.10. The molecule has 0 amide bonds. The molecular weight excluding hydrogens is 234 g/mol. The maximum absolute atomic E-state index is 8.73. The molecular formula is C17H15NO. The first-order valence-electron chi connectivity index (χ1n) is 6.57. The quantitative estimate of drug-likeness (QED) is 0.820. The molecule has 19 heavy (non-hydrogen) atoms. The summed E-state index contributed by atoms with van der Waals surface area (Å²) >= 11 is 0. The summed E-state index contributed by atoms with van der Waals surface area (Å²) in [6.45, 7) is 0.536. The van der Waals surface area contributed by atoms with Crippen LogP contribution in [0.4, 0.5) is 0 Å². The number of nitrogens with zero attached hydrogens (tertiary/aromatic N) is 1. The molecule has 0 N–H and O–H groups in total. The molecule has 0 atom stereocenters. The lowest BCUT2D eigenvalue weighted by atomic mass is 10.1. The smallest absolute Gasteiger partial charge is 0.119 e. The fraction of sp³-hybridized carbons (Fsp3) is 0.235. The summed E-state index contributed by atoms with van der Waals surface area (Å²) in [4.78, 5) is 0. The van der Waals surface area contributed by atoms with Crippen LogP contribution < -0.4 is 4.74 Å². The lowest BCUT2D eigenvalue weighted by Gasteiger charge is -2.07. The van der Waals surface area contributed by atoms with Crippen LogP contribution in [0.3, 0.4) is 0 Å². The molecule has 2 heteroatoms. The van der Waals surface area contributed by atoms with Crippen molar-refractivity contribution < 1.29 is 4.74 Å². The molecule has 94 valence electrons. The van der Waals surface area contributed by atoms with Crippen LogP contribution in [0, 0.1) is 11.3 Å². The predicted molar refractivity (Wildman–Crippen MR) is 73.9 cm³/mol. The maximum Gasteiger partial charge on any atom is 0.119 e. The molecule has 2 aromatic rings. The lowest BCUT2D eigenvalue weighted by Crippen LogP contribution is -1.95. The number of rotatable bonds is 4. The van der Waals surface area contributed by atoms with Crippen molar-refractivity contribution in [3.05, 3.63) is 65.2 Å². The Labute approximate surface area is 113 Å². The van der Waals surface area contributed by atoms with Crippen LogP contribution in [-0.2, 0) is 6.61 Å². The van der Waals surface area contributed by atoms with E-state index in [1.54, 1.807) is 0 Å². The van der Waals surface area contributed by atoms with Crippen molar-refractivity contribution in [2.24, 2.45) is 0 Å². The van der Waals surface area contributed by atoms with Crippen molar-refractivity contribution in [2.45, 2.75) is 25.4 Å². The SMILES string of the molecule is N#Cc1ccc(COc2ccc(C3CC3)cc2)cc1. The van der Waals surface area contributed by atoms with Crippen LogP contribution >= 0.6 is 0 Å². The second-order valence-corrected chi connectivity index (χ2v) is 4.94. The highest BCUT2D eigenvalue weighted by Gasteiger charge is 2.22. The highest BCUT2D eigenvalue weighted by atomic mass is 16.5. The molecule has 0 bridgehead atoms. The molecule has 1 saturated carbocycles. The number of hydrogen-bond acceptors (Lipinski definition) is 2. The zero-order valence-corrected chi connectivity index (χ0v) is 10.7. The van der Waals surface area contributed by atoms with Crippen molar-refractivity contribution in [3.63, 3.8) is 0 Å². The third-order valence-corrected chi connectivity index (χ3v) is 3.42. The van der Waals surface area contributed by atoms with Gasteiger partial charge in [0.1, 0.15) is 12.4 Å². The van der Waals surface area contributed by atoms with Gasteiger partial charge in [-0.2, -0.15) is 5.26 Å². The second kappa shape index (κ2) is 5.16. The molecule has 1 fully saturated rings. The number of ether oxygens (including phenoxy) is 1. The van der Waals surface area contributed by atoms with Gasteiger partial charge in [-0.25, -0.2) is 0 Å². The topological polar surface area (TPSA) is 33.0 Å². The zero-order chi connectivity index (χ0) is 13.1. The van der Waals surface area contributed by atoms with E-state index in [2.05, 4.69) is 18.2 Å². The minimum Gasteiger partial charge on any atom is -0.489 e. The molecule has 2 nitrogen and oxygen atoms in total. The van der Waals surface area contributed by atoms with E-state index in [0.717, 1.165) is 17.2 Å². The van der Waals surface area contributed by atoms with Crippen LogP contribution in [0.2, 0.25) is 0 Å². The molecule has 0 aliphatic heterocycles. The van der Waals surface area contributed by atoms with Crippen LogP contribution in [0.5, 0.6) is 5.75 Å². The van der Waals surface area contributed by atoms with E-state index in [9.17, 15) is 0 Å². The van der Waals surface area contributed by atoms with Gasteiger partial charge in [-0.1, -0.05) is 24.3 Å². The van der Waals surface area contributed by atoms with E-state index >= 15 is 0 Å². The molecule has 0 spiro atoms. The van der Waals surface area contributed by atoms with Crippen LogP contribution in [-0.4, -0.2) is 0 Å². The minimum atomic E-state index is 0.536. The van der Waals surface area contributed by atoms with Crippen molar-refractivity contribution in [1.29, 1.82) is 5.26 Å². The molecule has 0 unspecified atom stereocenters. The predicted octanol–water partition coefficient (Wildman–Crippen LogP) is 4.01. The molecule has 0 aromatic heterocycles. The molecule has 0 heterocycles. The Hall–Kier alpha value is -2.27. The van der Waals surface area contributed by atoms with Gasteiger partial charge in [-0.3, -0.25) is 0 Å². The molecule has 1 aliphatic carbocycles. The number of nitriles is 1. The molecule has 3 rings (SSSR count). The fourth-order valence-corrected chi connectivity index (χ4v) is 2.10. The third kappa shape index (κ3) is 2.95. The van der Waals surface area contributed by atoms with Gasteiger partial charge in [-0.05, 0) is 54.2 Å². The van der Waals surface area contributed by atoms with Gasteiger partial charge in [0.25, 0.3) is 0 Å². The first-order valence-corrected chi connectivity index (χ1v) is 6.57. The highest BCUT2D eigenvalue weighted by Crippen LogP contribution is 2.40. The van der Waals surface area contributed by atoms with Gasteiger partial charge in [-0.15, -0.1) is 0 Å². The summed E-state index contributed by atoms with van der Waals surface area (Å²) in [5.74, 6) is 1.68. The third-order valence-electron chi connectivity index (χ3n) is 3.42. The van der Waals surface area contributed by atoms with Crippen molar-refractivity contribution in [3.8, 4) is 11.8 Å². The average molecular weight is 249 g/mol. The van der Waals surface area contributed by atoms with E-state index in [4.69, 9.17) is 10.00 Å². The Morgan fingerprint density at radius 2 is 1.68 bits per heavy atom. The standard InChI is InChI=1S/C17H15NO/c18-11-13-1-3-14(4-2-13)12-19-17-9-7-16(8-10-17)15-5-6-15/h1-4,7-10,15H,5-6,12H2. The van der Waals surface area contributed by atoms with Gasteiger partial charge in [0.2, 0.25) is 0 Å². The van der Waals surface area contributed by atoms with E-state index in [0.29, 0.717) is 12.2 Å². The van der Waals surface area contributed by atoms with Crippen LogP contribution in [0.1, 0.15) is 35.4 Å². The maximum atomic E-state index is 8.73. The molecule has 0 saturated heterocycles. The van der Waals surface area contributed by atoms with E-state index in [1.165, 1.54) is 18.4 Å². The highest BCUT2D eigenvalue weighted by molar-refractivity contribution is 5.33. The summed E-state index contributed by atoms with van der Waals surface area (Å²) in [5.41, 5.74) is 3.17. The second-order valence-electron chi connectivity index (χ2n) is 4.94. The normalized spacial score (nSPS) is 13.8. The lowest BCUT2D eigenvalue weighted by molar-refractivity contribution is 0.306. The first-order chi connectivity index (χ1) is 9.35. The number of hydrogen-bond donors (Lipinski definition) is 0. The van der Waals surface area contributed by atoms with Crippen molar-refractivity contribution in [1.82, 2.24) is 0 Å². The Balaban J connectivity index is 1.60. The summed E-state index contributed by atoms with van der Waals surface area (Å²) in [5, 5.41) is 8.73. The van der Waals surface area contributed by atoms with E-state index in [1.807, 2.05) is 36.4 Å². The van der Waals surface area contributed by atoms with Crippen molar-refractivity contribution >= 4 is 0 Å². The summed E-state index contributed by atoms with van der Waals surface area (Å²) < 4.78 is 5.74. The summed E-state index contributed by atoms with van der Waals surface area (Å²) in [6.07, 6.45) is 2.65. The van der Waals surface area contributed by atoms with E-state index < -0.39 is 0 Å². The monoisotopic (exact) mass is 249 g/mol. The van der Waals surface area contributed by atoms with E-state index in [-0.39, 0.29) is 0 Å². The first kappa shape index (κ1) is 11.8. The van der Waals surface area contributed by atoms with Gasteiger partial charge in [0, 0.05) is 0 Å². The van der Waals surface area contributed by atoms with Gasteiger partial charge < -0.3 is 4.74 Å². The Morgan fingerprint density at radius 1 is 1.00 bits per heavy atom. The molecule has 0 radical (unpaired) electrons. The summed E-state index contributed by atoms with van der Waals surface area (Å²) in [7, 11) is 0. The van der Waals surface area contributed by atoms with Crippen molar-refractivity contribution in [2.75, 3.05) is 0 Å². The number of benzene rings is 2. The molecule has 2 aromatic carbocycles.